The van der Waals surface area contributed by atoms with Crippen LogP contribution in [0, 0.1) is 12.3 Å². The maximum Gasteiger partial charge on any atom is 0.338 e. The second-order valence-corrected chi connectivity index (χ2v) is 4.00. The zero-order chi connectivity index (χ0) is 14.3. The summed E-state index contributed by atoms with van der Waals surface area (Å²) >= 11 is 0. The first-order valence-electron chi connectivity index (χ1n) is 5.69. The minimum Gasteiger partial charge on any atom is -0.452 e. The fraction of sp³-hybridized carbons (Fsp3) is 0.286. The van der Waals surface area contributed by atoms with Crippen LogP contribution >= 0.6 is 0 Å². The first kappa shape index (κ1) is 14.6. The predicted octanol–water partition coefficient (Wildman–Crippen LogP) is 0.659. The number of rotatable bonds is 5. The molecule has 0 aliphatic heterocycles. The third-order valence-corrected chi connectivity index (χ3v) is 2.34. The Labute approximate surface area is 112 Å². The van der Waals surface area contributed by atoms with Gasteiger partial charge in [-0.1, -0.05) is 5.92 Å². The number of anilines is 1. The number of ether oxygens (including phenoxy) is 1. The number of carbonyl (C=O) groups excluding carboxylic acids is 2. The van der Waals surface area contributed by atoms with Gasteiger partial charge in [-0.15, -0.1) is 6.42 Å². The molecule has 5 heteroatoms. The van der Waals surface area contributed by atoms with Crippen molar-refractivity contribution in [1.82, 2.24) is 5.32 Å². The van der Waals surface area contributed by atoms with E-state index in [0.29, 0.717) is 5.56 Å². The summed E-state index contributed by atoms with van der Waals surface area (Å²) in [7, 11) is 3.81. The Bertz CT molecular complexity index is 486. The van der Waals surface area contributed by atoms with Crippen LogP contribution in [0.25, 0.3) is 0 Å². The van der Waals surface area contributed by atoms with Crippen LogP contribution < -0.4 is 10.2 Å². The average Bonchev–Trinajstić information content (AvgIpc) is 2.42. The van der Waals surface area contributed by atoms with E-state index in [4.69, 9.17) is 11.2 Å². The summed E-state index contributed by atoms with van der Waals surface area (Å²) in [6, 6.07) is 6.90. The molecule has 0 aromatic heterocycles. The lowest BCUT2D eigenvalue weighted by molar-refractivity contribution is -0.123. The van der Waals surface area contributed by atoms with Gasteiger partial charge in [0.15, 0.2) is 6.61 Å². The molecule has 0 atom stereocenters. The van der Waals surface area contributed by atoms with E-state index in [0.717, 1.165) is 5.69 Å². The van der Waals surface area contributed by atoms with Crippen LogP contribution in [-0.4, -0.2) is 39.1 Å². The second kappa shape index (κ2) is 7.07. The first-order chi connectivity index (χ1) is 9.04. The number of hydrogen-bond donors (Lipinski definition) is 1. The minimum atomic E-state index is -0.541. The summed E-state index contributed by atoms with van der Waals surface area (Å²) < 4.78 is 4.85. The highest BCUT2D eigenvalue weighted by Crippen LogP contribution is 2.12. The number of terminal acetylenes is 1. The number of amides is 1. The van der Waals surface area contributed by atoms with Crippen LogP contribution in [0.1, 0.15) is 10.4 Å². The zero-order valence-corrected chi connectivity index (χ0v) is 11.0. The predicted molar refractivity (Wildman–Crippen MR) is 72.9 cm³/mol. The standard InChI is InChI=1S/C14H16N2O3/c1-4-9-15-13(17)10-19-14(18)11-5-7-12(8-6-11)16(2)3/h1,5-8H,9-10H2,2-3H3,(H,15,17). The molecule has 0 saturated heterocycles. The fourth-order valence-electron chi connectivity index (χ4n) is 1.31. The quantitative estimate of drug-likeness (QED) is 0.624. The molecule has 0 aliphatic carbocycles. The van der Waals surface area contributed by atoms with Crippen LogP contribution in [0.2, 0.25) is 0 Å². The highest BCUT2D eigenvalue weighted by atomic mass is 16.5. The van der Waals surface area contributed by atoms with E-state index in [9.17, 15) is 9.59 Å². The molecular formula is C14H16N2O3. The fourth-order valence-corrected chi connectivity index (χ4v) is 1.31. The topological polar surface area (TPSA) is 58.6 Å². The Morgan fingerprint density at radius 2 is 1.95 bits per heavy atom. The van der Waals surface area contributed by atoms with Crippen LogP contribution in [0.4, 0.5) is 5.69 Å². The Balaban J connectivity index is 2.50. The normalized spacial score (nSPS) is 9.32. The molecule has 0 bridgehead atoms. The Morgan fingerprint density at radius 3 is 2.47 bits per heavy atom. The van der Waals surface area contributed by atoms with Gasteiger partial charge in [0.25, 0.3) is 5.91 Å². The molecule has 1 amide bonds. The van der Waals surface area contributed by atoms with Gasteiger partial charge in [-0.25, -0.2) is 4.79 Å². The monoisotopic (exact) mass is 260 g/mol. The number of nitrogens with one attached hydrogen (secondary N) is 1. The van der Waals surface area contributed by atoms with E-state index >= 15 is 0 Å². The third-order valence-electron chi connectivity index (χ3n) is 2.34. The van der Waals surface area contributed by atoms with Crippen molar-refractivity contribution >= 4 is 17.6 Å². The van der Waals surface area contributed by atoms with Crippen molar-refractivity contribution in [1.29, 1.82) is 0 Å². The van der Waals surface area contributed by atoms with E-state index in [2.05, 4.69) is 11.2 Å². The summed E-state index contributed by atoms with van der Waals surface area (Å²) in [6.07, 6.45) is 4.99. The van der Waals surface area contributed by atoms with Gasteiger partial charge in [0.1, 0.15) is 0 Å². The molecule has 1 aromatic carbocycles. The molecule has 1 aromatic rings. The highest BCUT2D eigenvalue weighted by molar-refractivity contribution is 5.91. The van der Waals surface area contributed by atoms with E-state index in [-0.39, 0.29) is 13.2 Å². The number of benzene rings is 1. The average molecular weight is 260 g/mol. The van der Waals surface area contributed by atoms with E-state index in [1.165, 1.54) is 0 Å². The third kappa shape index (κ3) is 4.72. The lowest BCUT2D eigenvalue weighted by Crippen LogP contribution is -2.29. The van der Waals surface area contributed by atoms with Gasteiger partial charge in [-0.2, -0.15) is 0 Å². The molecule has 1 N–H and O–H groups in total. The number of hydrogen-bond acceptors (Lipinski definition) is 4. The lowest BCUT2D eigenvalue weighted by atomic mass is 10.2. The van der Waals surface area contributed by atoms with E-state index in [1.54, 1.807) is 24.3 Å². The van der Waals surface area contributed by atoms with Crippen molar-refractivity contribution in [3.8, 4) is 12.3 Å². The minimum absolute atomic E-state index is 0.119. The second-order valence-electron chi connectivity index (χ2n) is 4.00. The van der Waals surface area contributed by atoms with Crippen molar-refractivity contribution in [3.63, 3.8) is 0 Å². The Hall–Kier alpha value is -2.48. The van der Waals surface area contributed by atoms with E-state index in [1.807, 2.05) is 19.0 Å². The number of nitrogens with zero attached hydrogens (tertiary/aromatic N) is 1. The summed E-state index contributed by atoms with van der Waals surface area (Å²) in [5.74, 6) is 1.30. The van der Waals surface area contributed by atoms with Crippen molar-refractivity contribution in [2.75, 3.05) is 32.1 Å². The van der Waals surface area contributed by atoms with Crippen LogP contribution in [0.5, 0.6) is 0 Å². The van der Waals surface area contributed by atoms with Gasteiger partial charge in [0.2, 0.25) is 0 Å². The van der Waals surface area contributed by atoms with Crippen LogP contribution in [-0.2, 0) is 9.53 Å². The summed E-state index contributed by atoms with van der Waals surface area (Å²) in [4.78, 5) is 24.8. The molecule has 0 saturated carbocycles. The Kier molecular flexibility index (Phi) is 5.42. The van der Waals surface area contributed by atoms with Gasteiger partial charge in [-0.3, -0.25) is 4.79 Å². The van der Waals surface area contributed by atoms with Crippen molar-refractivity contribution < 1.29 is 14.3 Å². The SMILES string of the molecule is C#CCNC(=O)COC(=O)c1ccc(N(C)C)cc1. The molecule has 19 heavy (non-hydrogen) atoms. The smallest absolute Gasteiger partial charge is 0.338 e. The largest absolute Gasteiger partial charge is 0.452 e. The van der Waals surface area contributed by atoms with Gasteiger partial charge in [0, 0.05) is 19.8 Å². The zero-order valence-electron chi connectivity index (χ0n) is 11.0. The van der Waals surface area contributed by atoms with E-state index < -0.39 is 11.9 Å². The molecule has 0 aliphatic rings. The molecular weight excluding hydrogens is 244 g/mol. The first-order valence-corrected chi connectivity index (χ1v) is 5.69. The molecule has 0 heterocycles. The molecule has 100 valence electrons. The Morgan fingerprint density at radius 1 is 1.32 bits per heavy atom. The summed E-state index contributed by atoms with van der Waals surface area (Å²) in [5.41, 5.74) is 1.37. The summed E-state index contributed by atoms with van der Waals surface area (Å²) in [6.45, 7) is -0.218. The number of esters is 1. The van der Waals surface area contributed by atoms with Crippen molar-refractivity contribution in [2.24, 2.45) is 0 Å². The van der Waals surface area contributed by atoms with Crippen molar-refractivity contribution in [2.45, 2.75) is 0 Å². The highest BCUT2D eigenvalue weighted by Gasteiger charge is 2.09. The molecule has 0 spiro atoms. The van der Waals surface area contributed by atoms with Gasteiger partial charge in [0.05, 0.1) is 12.1 Å². The van der Waals surface area contributed by atoms with Gasteiger partial charge in [-0.05, 0) is 24.3 Å². The molecule has 0 fully saturated rings. The summed E-state index contributed by atoms with van der Waals surface area (Å²) in [5, 5.41) is 2.40. The van der Waals surface area contributed by atoms with Gasteiger partial charge >= 0.3 is 5.97 Å². The van der Waals surface area contributed by atoms with Crippen LogP contribution in [0.15, 0.2) is 24.3 Å². The lowest BCUT2D eigenvalue weighted by Gasteiger charge is -2.12. The van der Waals surface area contributed by atoms with Crippen LogP contribution in [0.3, 0.4) is 0 Å². The maximum atomic E-state index is 11.6. The van der Waals surface area contributed by atoms with Gasteiger partial charge < -0.3 is 15.0 Å². The molecule has 5 nitrogen and oxygen atoms in total. The molecule has 0 unspecified atom stereocenters. The molecule has 0 radical (unpaired) electrons. The number of carbonyl (C=O) groups is 2. The van der Waals surface area contributed by atoms with Crippen molar-refractivity contribution in [3.05, 3.63) is 29.8 Å². The molecule has 1 rings (SSSR count). The maximum absolute atomic E-state index is 11.6.